The Morgan fingerprint density at radius 1 is 1.23 bits per heavy atom. The molecule has 0 aliphatic rings. The Bertz CT molecular complexity index is 1210. The lowest BCUT2D eigenvalue weighted by Gasteiger charge is -2.07. The monoisotopic (exact) mass is 443 g/mol. The molecule has 0 atom stereocenters. The molecule has 3 rings (SSSR count). The van der Waals surface area contributed by atoms with E-state index in [-0.39, 0.29) is 16.4 Å². The Morgan fingerprint density at radius 2 is 1.90 bits per heavy atom. The molecule has 0 spiro atoms. The van der Waals surface area contributed by atoms with Crippen LogP contribution < -0.4 is 10.5 Å². The number of aryl methyl sites for hydroxylation is 1. The summed E-state index contributed by atoms with van der Waals surface area (Å²) in [6.45, 7) is 7.44. The van der Waals surface area contributed by atoms with Gasteiger partial charge in [-0.05, 0) is 43.7 Å². The van der Waals surface area contributed by atoms with Crippen LogP contribution in [0.4, 0.5) is 5.82 Å². The zero-order valence-electron chi connectivity index (χ0n) is 17.2. The third kappa shape index (κ3) is 6.43. The van der Waals surface area contributed by atoms with E-state index in [4.69, 9.17) is 15.4 Å². The van der Waals surface area contributed by atoms with Gasteiger partial charge in [0.2, 0.25) is 10.0 Å². The molecule has 2 aromatic heterocycles. The highest BCUT2D eigenvalue weighted by Crippen LogP contribution is 2.15. The second-order valence-electron chi connectivity index (χ2n) is 6.37. The number of primary sulfonamides is 1. The molecule has 5 N–H and O–H groups in total. The fourth-order valence-corrected chi connectivity index (χ4v) is 3.01. The lowest BCUT2D eigenvalue weighted by molar-refractivity contribution is 0.326. The number of hydrogen-bond donors (Lipinski definition) is 4. The minimum absolute atomic E-state index is 0.0976. The molecular formula is C21H25N5O4S. The quantitative estimate of drug-likeness (QED) is 0.338. The first-order chi connectivity index (χ1) is 14.7. The van der Waals surface area contributed by atoms with Crippen LogP contribution in [0.25, 0.3) is 5.65 Å². The van der Waals surface area contributed by atoms with Crippen molar-refractivity contribution in [2.24, 2.45) is 5.14 Å². The van der Waals surface area contributed by atoms with Crippen LogP contribution in [0.1, 0.15) is 18.2 Å². The van der Waals surface area contributed by atoms with E-state index in [1.54, 1.807) is 31.5 Å². The van der Waals surface area contributed by atoms with Crippen LogP contribution in [0.2, 0.25) is 0 Å². The molecule has 0 fully saturated rings. The molecule has 0 bridgehead atoms. The van der Waals surface area contributed by atoms with Gasteiger partial charge in [-0.25, -0.2) is 23.5 Å². The van der Waals surface area contributed by atoms with Crippen molar-refractivity contribution in [3.05, 3.63) is 90.4 Å². The SMILES string of the molecule is C=C/C=C(O)\C(O)=C/C.Cc1cnc2c(NCc3ccc(S(N)(=O)=O)cc3)nccn12. The summed E-state index contributed by atoms with van der Waals surface area (Å²) in [6, 6.07) is 6.40. The number of aliphatic hydroxyl groups excluding tert-OH is 2. The summed E-state index contributed by atoms with van der Waals surface area (Å²) in [5.41, 5.74) is 2.69. The van der Waals surface area contributed by atoms with Crippen LogP contribution in [-0.2, 0) is 16.6 Å². The number of anilines is 1. The van der Waals surface area contributed by atoms with Gasteiger partial charge < -0.3 is 15.5 Å². The van der Waals surface area contributed by atoms with Crippen molar-refractivity contribution in [3.63, 3.8) is 0 Å². The first-order valence-electron chi connectivity index (χ1n) is 9.19. The molecule has 0 radical (unpaired) electrons. The average molecular weight is 444 g/mol. The molecule has 9 nitrogen and oxygen atoms in total. The Kier molecular flexibility index (Phi) is 7.94. The second-order valence-corrected chi connectivity index (χ2v) is 7.93. The highest BCUT2D eigenvalue weighted by atomic mass is 32.2. The van der Waals surface area contributed by atoms with Crippen molar-refractivity contribution in [1.82, 2.24) is 14.4 Å². The molecule has 164 valence electrons. The lowest BCUT2D eigenvalue weighted by Crippen LogP contribution is -2.12. The molecule has 31 heavy (non-hydrogen) atoms. The maximum atomic E-state index is 11.2. The predicted molar refractivity (Wildman–Crippen MR) is 120 cm³/mol. The fourth-order valence-electron chi connectivity index (χ4n) is 2.49. The van der Waals surface area contributed by atoms with E-state index in [2.05, 4.69) is 21.9 Å². The van der Waals surface area contributed by atoms with E-state index >= 15 is 0 Å². The number of rotatable bonds is 6. The number of hydrogen-bond acceptors (Lipinski definition) is 7. The normalized spacial score (nSPS) is 12.2. The number of aromatic nitrogens is 3. The van der Waals surface area contributed by atoms with Gasteiger partial charge in [0.1, 0.15) is 0 Å². The van der Waals surface area contributed by atoms with Gasteiger partial charge in [0.15, 0.2) is 23.0 Å². The number of allylic oxidation sites excluding steroid dienone is 3. The van der Waals surface area contributed by atoms with Gasteiger partial charge in [0.05, 0.1) is 4.90 Å². The van der Waals surface area contributed by atoms with Crippen LogP contribution in [0, 0.1) is 6.92 Å². The van der Waals surface area contributed by atoms with Gasteiger partial charge in [-0.2, -0.15) is 0 Å². The second kappa shape index (κ2) is 10.4. The topological polar surface area (TPSA) is 143 Å². The molecule has 0 aliphatic carbocycles. The summed E-state index contributed by atoms with van der Waals surface area (Å²) in [7, 11) is -3.66. The van der Waals surface area contributed by atoms with Gasteiger partial charge in [-0.15, -0.1) is 0 Å². The number of imidazole rings is 1. The third-order valence-corrected chi connectivity index (χ3v) is 5.07. The van der Waals surface area contributed by atoms with Crippen LogP contribution >= 0.6 is 0 Å². The van der Waals surface area contributed by atoms with Crippen molar-refractivity contribution in [1.29, 1.82) is 0 Å². The summed E-state index contributed by atoms with van der Waals surface area (Å²) in [5, 5.41) is 25.8. The van der Waals surface area contributed by atoms with Crippen LogP contribution in [0.15, 0.2) is 84.1 Å². The van der Waals surface area contributed by atoms with Crippen molar-refractivity contribution < 1.29 is 18.6 Å². The minimum Gasteiger partial charge on any atom is -0.504 e. The fraction of sp³-hybridized carbons (Fsp3) is 0.143. The van der Waals surface area contributed by atoms with Crippen molar-refractivity contribution in [2.45, 2.75) is 25.3 Å². The molecule has 2 heterocycles. The average Bonchev–Trinajstić information content (AvgIpc) is 3.13. The summed E-state index contributed by atoms with van der Waals surface area (Å²) in [5.74, 6) is 0.383. The molecular weight excluding hydrogens is 418 g/mol. The molecule has 0 saturated heterocycles. The number of nitrogens with one attached hydrogen (secondary N) is 1. The number of fused-ring (bicyclic) bond motifs is 1. The van der Waals surface area contributed by atoms with E-state index in [1.165, 1.54) is 30.4 Å². The molecule has 3 aromatic rings. The number of aliphatic hydroxyl groups is 2. The predicted octanol–water partition coefficient (Wildman–Crippen LogP) is 3.37. The van der Waals surface area contributed by atoms with E-state index < -0.39 is 10.0 Å². The molecule has 0 saturated carbocycles. The Balaban J connectivity index is 0.000000323. The lowest BCUT2D eigenvalue weighted by atomic mass is 10.2. The van der Waals surface area contributed by atoms with Gasteiger partial charge in [-0.3, -0.25) is 4.40 Å². The van der Waals surface area contributed by atoms with Gasteiger partial charge in [-0.1, -0.05) is 24.8 Å². The minimum atomic E-state index is -3.66. The van der Waals surface area contributed by atoms with Crippen molar-refractivity contribution in [3.8, 4) is 0 Å². The van der Waals surface area contributed by atoms with Crippen molar-refractivity contribution in [2.75, 3.05) is 5.32 Å². The third-order valence-electron chi connectivity index (χ3n) is 4.14. The van der Waals surface area contributed by atoms with Gasteiger partial charge in [0.25, 0.3) is 0 Å². The zero-order valence-corrected chi connectivity index (χ0v) is 18.0. The summed E-state index contributed by atoms with van der Waals surface area (Å²) in [6.07, 6.45) is 9.45. The Labute approximate surface area is 181 Å². The van der Waals surface area contributed by atoms with E-state index in [0.29, 0.717) is 12.4 Å². The van der Waals surface area contributed by atoms with Crippen LogP contribution in [-0.4, -0.2) is 33.0 Å². The van der Waals surface area contributed by atoms with Crippen LogP contribution in [0.5, 0.6) is 0 Å². The zero-order chi connectivity index (χ0) is 23.0. The highest BCUT2D eigenvalue weighted by Gasteiger charge is 2.08. The molecule has 1 aromatic carbocycles. The van der Waals surface area contributed by atoms with Gasteiger partial charge in [0, 0.05) is 30.8 Å². The van der Waals surface area contributed by atoms with Crippen molar-refractivity contribution >= 4 is 21.5 Å². The molecule has 10 heteroatoms. The smallest absolute Gasteiger partial charge is 0.238 e. The van der Waals surface area contributed by atoms with Gasteiger partial charge >= 0.3 is 0 Å². The summed E-state index contributed by atoms with van der Waals surface area (Å²) >= 11 is 0. The Hall–Kier alpha value is -3.63. The number of benzene rings is 1. The number of nitrogens with zero attached hydrogens (tertiary/aromatic N) is 3. The van der Waals surface area contributed by atoms with E-state index in [9.17, 15) is 8.42 Å². The maximum Gasteiger partial charge on any atom is 0.238 e. The number of sulfonamides is 1. The summed E-state index contributed by atoms with van der Waals surface area (Å²) < 4.78 is 24.4. The number of nitrogens with two attached hydrogens (primary N) is 1. The molecule has 0 unspecified atom stereocenters. The standard InChI is InChI=1S/C14H15N5O2S.C7H10O2/c1-10-8-18-14-13(16-6-7-19(10)14)17-9-11-2-4-12(5-3-11)22(15,20)21;1-3-5-7(9)6(8)4-2/h2-8H,9H2,1H3,(H,16,17)(H2,15,20,21);3-5,8-9H,1H2,2H3/b;6-4+,7-5+. The Morgan fingerprint density at radius 3 is 2.48 bits per heavy atom. The first kappa shape index (κ1) is 23.6. The maximum absolute atomic E-state index is 11.2. The molecule has 0 aliphatic heterocycles. The largest absolute Gasteiger partial charge is 0.504 e. The summed E-state index contributed by atoms with van der Waals surface area (Å²) in [4.78, 5) is 8.70. The highest BCUT2D eigenvalue weighted by molar-refractivity contribution is 7.89. The molecule has 0 amide bonds. The van der Waals surface area contributed by atoms with E-state index in [1.807, 2.05) is 17.5 Å². The van der Waals surface area contributed by atoms with E-state index in [0.717, 1.165) is 16.9 Å². The first-order valence-corrected chi connectivity index (χ1v) is 10.7. The van der Waals surface area contributed by atoms with Crippen LogP contribution in [0.3, 0.4) is 0 Å².